The Bertz CT molecular complexity index is 1190. The average molecular weight is 482 g/mol. The molecular formula is C26H32ClN5O2. The summed E-state index contributed by atoms with van der Waals surface area (Å²) < 4.78 is 2.23. The highest BCUT2D eigenvalue weighted by Gasteiger charge is 2.44. The number of hydrogen-bond acceptors (Lipinski definition) is 4. The van der Waals surface area contributed by atoms with Crippen molar-refractivity contribution in [3.05, 3.63) is 41.3 Å². The van der Waals surface area contributed by atoms with Gasteiger partial charge in [-0.3, -0.25) is 9.59 Å². The first-order valence-electron chi connectivity index (χ1n) is 11.9. The number of nitrogens with zero attached hydrogens (tertiary/aromatic N) is 3. The van der Waals surface area contributed by atoms with Gasteiger partial charge in [0.05, 0.1) is 10.7 Å². The standard InChI is InChI=1S/C26H32ClN5O2/c1-14(28)22-7-20(23-9-26(3,4)13-32(22)23)19-8-24(29-10-21(19)27)30-25(34)16-5-17-11-31(15(2)33)12-18(17)6-16/h7-8,10,16-18H,1,5-6,9,11-13,28H2,2-4H3,(H,29,30,34)/t16?,17-,18+. The lowest BCUT2D eigenvalue weighted by Gasteiger charge is -2.17. The SMILES string of the molecule is C=C(N)c1cc(-c2cc(NC(=O)C3C[C@@H]4CN(C(C)=O)C[C@@H]4C3)ncc2Cl)c2n1CC(C)(C)C2. The van der Waals surface area contributed by atoms with E-state index < -0.39 is 0 Å². The average Bonchev–Trinajstić information content (AvgIpc) is 3.46. The maximum Gasteiger partial charge on any atom is 0.228 e. The van der Waals surface area contributed by atoms with E-state index >= 15 is 0 Å². The van der Waals surface area contributed by atoms with Crippen molar-refractivity contribution in [2.45, 2.75) is 46.6 Å². The first-order chi connectivity index (χ1) is 16.0. The van der Waals surface area contributed by atoms with Gasteiger partial charge in [-0.05, 0) is 48.6 Å². The highest BCUT2D eigenvalue weighted by Crippen LogP contribution is 2.44. The number of carbonyl (C=O) groups excluding carboxylic acids is 2. The number of hydrogen-bond donors (Lipinski definition) is 2. The van der Waals surface area contributed by atoms with Gasteiger partial charge in [-0.1, -0.05) is 32.0 Å². The van der Waals surface area contributed by atoms with E-state index in [4.69, 9.17) is 17.3 Å². The van der Waals surface area contributed by atoms with E-state index in [-0.39, 0.29) is 23.1 Å². The van der Waals surface area contributed by atoms with Crippen LogP contribution in [0.25, 0.3) is 16.8 Å². The zero-order valence-corrected chi connectivity index (χ0v) is 20.8. The Morgan fingerprint density at radius 1 is 1.21 bits per heavy atom. The Hall–Kier alpha value is -2.80. The van der Waals surface area contributed by atoms with Gasteiger partial charge in [0.15, 0.2) is 0 Å². The van der Waals surface area contributed by atoms with Crippen molar-refractivity contribution in [1.29, 1.82) is 0 Å². The van der Waals surface area contributed by atoms with E-state index in [1.165, 1.54) is 5.69 Å². The molecule has 0 bridgehead atoms. The lowest BCUT2D eigenvalue weighted by Crippen LogP contribution is -2.29. The molecule has 2 fully saturated rings. The van der Waals surface area contributed by atoms with Gasteiger partial charge < -0.3 is 20.5 Å². The fourth-order valence-corrected chi connectivity index (χ4v) is 6.31. The van der Waals surface area contributed by atoms with E-state index in [1.807, 2.05) is 17.0 Å². The molecule has 2 aromatic rings. The van der Waals surface area contributed by atoms with Crippen LogP contribution in [0.1, 0.15) is 45.0 Å². The molecule has 1 aliphatic carbocycles. The molecule has 2 aromatic heterocycles. The zero-order valence-electron chi connectivity index (χ0n) is 20.0. The van der Waals surface area contributed by atoms with Crippen molar-refractivity contribution in [2.75, 3.05) is 18.4 Å². The lowest BCUT2D eigenvalue weighted by molar-refractivity contribution is -0.128. The fraction of sp³-hybridized carbons (Fsp3) is 0.500. The number of rotatable bonds is 4. The fourth-order valence-electron chi connectivity index (χ4n) is 6.11. The number of nitrogens with two attached hydrogens (primary N) is 1. The third-order valence-corrected chi connectivity index (χ3v) is 8.03. The summed E-state index contributed by atoms with van der Waals surface area (Å²) in [6.07, 6.45) is 4.12. The highest BCUT2D eigenvalue weighted by atomic mass is 35.5. The largest absolute Gasteiger partial charge is 0.398 e. The molecule has 3 aliphatic rings. The molecule has 0 aromatic carbocycles. The van der Waals surface area contributed by atoms with Crippen LogP contribution in [0.15, 0.2) is 24.9 Å². The summed E-state index contributed by atoms with van der Waals surface area (Å²) in [6, 6.07) is 3.90. The second-order valence-electron chi connectivity index (χ2n) is 11.0. The second-order valence-corrected chi connectivity index (χ2v) is 11.4. The monoisotopic (exact) mass is 481 g/mol. The van der Waals surface area contributed by atoms with Gasteiger partial charge in [0.2, 0.25) is 11.8 Å². The molecule has 1 saturated carbocycles. The second kappa shape index (κ2) is 8.15. The molecular weight excluding hydrogens is 450 g/mol. The number of halogens is 1. The molecule has 2 amide bonds. The molecule has 0 radical (unpaired) electrons. The molecule has 5 rings (SSSR count). The van der Waals surface area contributed by atoms with Crippen LogP contribution in [0, 0.1) is 23.2 Å². The lowest BCUT2D eigenvalue weighted by atomic mass is 9.89. The van der Waals surface area contributed by atoms with Crippen LogP contribution in [0.2, 0.25) is 5.02 Å². The summed E-state index contributed by atoms with van der Waals surface area (Å²) in [5.74, 6) is 1.36. The summed E-state index contributed by atoms with van der Waals surface area (Å²) in [6.45, 7) is 12.4. The van der Waals surface area contributed by atoms with Crippen LogP contribution in [0.4, 0.5) is 5.82 Å². The van der Waals surface area contributed by atoms with Crippen molar-refractivity contribution in [3.63, 3.8) is 0 Å². The third kappa shape index (κ3) is 4.00. The van der Waals surface area contributed by atoms with E-state index in [1.54, 1.807) is 13.1 Å². The van der Waals surface area contributed by atoms with Gasteiger partial charge >= 0.3 is 0 Å². The Kier molecular flexibility index (Phi) is 5.51. The van der Waals surface area contributed by atoms with E-state index in [0.29, 0.717) is 28.4 Å². The van der Waals surface area contributed by atoms with Crippen molar-refractivity contribution < 1.29 is 9.59 Å². The number of anilines is 1. The molecule has 1 saturated heterocycles. The van der Waals surface area contributed by atoms with Crippen LogP contribution in [0.3, 0.4) is 0 Å². The molecule has 4 heterocycles. The number of nitrogens with one attached hydrogen (secondary N) is 1. The van der Waals surface area contributed by atoms with Crippen molar-refractivity contribution in [2.24, 2.45) is 28.9 Å². The number of amides is 2. The van der Waals surface area contributed by atoms with E-state index in [0.717, 1.165) is 55.7 Å². The van der Waals surface area contributed by atoms with Gasteiger partial charge in [-0.25, -0.2) is 4.98 Å². The van der Waals surface area contributed by atoms with E-state index in [2.05, 4.69) is 35.3 Å². The third-order valence-electron chi connectivity index (χ3n) is 7.73. The zero-order chi connectivity index (χ0) is 24.4. The van der Waals surface area contributed by atoms with Crippen molar-refractivity contribution >= 4 is 34.9 Å². The molecule has 0 spiro atoms. The van der Waals surface area contributed by atoms with Crippen LogP contribution in [-0.2, 0) is 22.6 Å². The van der Waals surface area contributed by atoms with Gasteiger partial charge in [0.1, 0.15) is 5.82 Å². The predicted octanol–water partition coefficient (Wildman–Crippen LogP) is 4.16. The normalized spacial score (nSPS) is 24.7. The summed E-state index contributed by atoms with van der Waals surface area (Å²) in [7, 11) is 0. The van der Waals surface area contributed by atoms with E-state index in [9.17, 15) is 9.59 Å². The smallest absolute Gasteiger partial charge is 0.228 e. The minimum absolute atomic E-state index is 0.0104. The van der Waals surface area contributed by atoms with Gasteiger partial charge in [-0.2, -0.15) is 0 Å². The molecule has 3 atom stereocenters. The first kappa shape index (κ1) is 23.0. The Morgan fingerprint density at radius 2 is 1.88 bits per heavy atom. The minimum Gasteiger partial charge on any atom is -0.398 e. The summed E-state index contributed by atoms with van der Waals surface area (Å²) in [5.41, 5.74) is 10.7. The van der Waals surface area contributed by atoms with Crippen molar-refractivity contribution in [1.82, 2.24) is 14.5 Å². The van der Waals surface area contributed by atoms with Crippen molar-refractivity contribution in [3.8, 4) is 11.1 Å². The van der Waals surface area contributed by atoms with Gasteiger partial charge in [-0.15, -0.1) is 0 Å². The molecule has 34 heavy (non-hydrogen) atoms. The molecule has 2 aliphatic heterocycles. The Labute approximate surface area is 205 Å². The first-order valence-corrected chi connectivity index (χ1v) is 12.3. The minimum atomic E-state index is -0.0586. The number of carbonyl (C=O) groups is 2. The highest BCUT2D eigenvalue weighted by molar-refractivity contribution is 6.33. The quantitative estimate of drug-likeness (QED) is 0.685. The molecule has 3 N–H and O–H groups in total. The molecule has 1 unspecified atom stereocenters. The number of aromatic nitrogens is 2. The summed E-state index contributed by atoms with van der Waals surface area (Å²) >= 11 is 6.59. The number of likely N-dealkylation sites (tertiary alicyclic amines) is 1. The van der Waals surface area contributed by atoms with Crippen LogP contribution in [0.5, 0.6) is 0 Å². The summed E-state index contributed by atoms with van der Waals surface area (Å²) in [4.78, 5) is 31.0. The predicted molar refractivity (Wildman–Crippen MR) is 134 cm³/mol. The Morgan fingerprint density at radius 3 is 2.50 bits per heavy atom. The van der Waals surface area contributed by atoms with Crippen LogP contribution in [-0.4, -0.2) is 39.4 Å². The number of pyridine rings is 1. The molecule has 8 heteroatoms. The number of fused-ring (bicyclic) bond motifs is 2. The van der Waals surface area contributed by atoms with Crippen LogP contribution >= 0.6 is 11.6 Å². The maximum absolute atomic E-state index is 13.1. The Balaban J connectivity index is 1.36. The van der Waals surface area contributed by atoms with Gasteiger partial charge in [0, 0.05) is 61.2 Å². The summed E-state index contributed by atoms with van der Waals surface area (Å²) in [5, 5.41) is 3.55. The maximum atomic E-state index is 13.1. The topological polar surface area (TPSA) is 93.2 Å². The molecule has 7 nitrogen and oxygen atoms in total. The molecule has 180 valence electrons. The van der Waals surface area contributed by atoms with Crippen LogP contribution < -0.4 is 11.1 Å². The van der Waals surface area contributed by atoms with Gasteiger partial charge in [0.25, 0.3) is 0 Å².